The van der Waals surface area contributed by atoms with Crippen LogP contribution in [0, 0.1) is 11.8 Å². The molecular weight excluding hydrogens is 436 g/mol. The van der Waals surface area contributed by atoms with Gasteiger partial charge in [-0.2, -0.15) is 0 Å². The van der Waals surface area contributed by atoms with Crippen LogP contribution in [-0.4, -0.2) is 58.0 Å². The Morgan fingerprint density at radius 1 is 0.939 bits per heavy atom. The molecule has 1 aliphatic rings. The van der Waals surface area contributed by atoms with Crippen molar-refractivity contribution in [1.29, 1.82) is 0 Å². The van der Waals surface area contributed by atoms with Gasteiger partial charge in [-0.1, -0.05) is 36.4 Å². The van der Waals surface area contributed by atoms with Crippen LogP contribution in [0.1, 0.15) is 31.4 Å². The van der Waals surface area contributed by atoms with E-state index in [-0.39, 0.29) is 12.4 Å². The average molecular weight is 477 g/mol. The topological polar surface area (TPSA) is 43.0 Å². The highest BCUT2D eigenvalue weighted by atomic mass is 35.5. The van der Waals surface area contributed by atoms with Gasteiger partial charge in [0.05, 0.1) is 13.7 Å². The Morgan fingerprint density at radius 2 is 1.70 bits per heavy atom. The van der Waals surface area contributed by atoms with Crippen molar-refractivity contribution in [2.45, 2.75) is 39.3 Å². The Balaban J connectivity index is 0.00000385. The minimum Gasteiger partial charge on any atom is -0.493 e. The second kappa shape index (κ2) is 14.5. The van der Waals surface area contributed by atoms with E-state index in [2.05, 4.69) is 66.5 Å². The third-order valence-corrected chi connectivity index (χ3v) is 6.38. The Bertz CT molecular complexity index is 803. The van der Waals surface area contributed by atoms with Crippen molar-refractivity contribution in [3.63, 3.8) is 0 Å². The molecule has 0 aromatic heterocycles. The van der Waals surface area contributed by atoms with Crippen molar-refractivity contribution < 1.29 is 14.2 Å². The molecule has 2 atom stereocenters. The first kappa shape index (κ1) is 27.5. The first-order valence-electron chi connectivity index (χ1n) is 11.9. The fourth-order valence-electron chi connectivity index (χ4n) is 4.47. The molecule has 0 aliphatic carbocycles. The number of nitrogens with one attached hydrogen (secondary N) is 1. The maximum atomic E-state index is 6.00. The summed E-state index contributed by atoms with van der Waals surface area (Å²) in [5, 5.41) is 3.64. The highest BCUT2D eigenvalue weighted by molar-refractivity contribution is 5.85. The molecule has 0 bridgehead atoms. The maximum Gasteiger partial charge on any atom is 0.161 e. The summed E-state index contributed by atoms with van der Waals surface area (Å²) in [4.78, 5) is 2.59. The molecule has 2 aromatic rings. The Morgan fingerprint density at radius 3 is 2.39 bits per heavy atom. The van der Waals surface area contributed by atoms with E-state index in [0.717, 1.165) is 50.5 Å². The molecular formula is C27H41ClN2O3. The molecule has 0 spiro atoms. The van der Waals surface area contributed by atoms with Crippen molar-refractivity contribution in [1.82, 2.24) is 10.2 Å². The van der Waals surface area contributed by atoms with E-state index in [1.807, 2.05) is 6.07 Å². The summed E-state index contributed by atoms with van der Waals surface area (Å²) >= 11 is 0. The van der Waals surface area contributed by atoms with Gasteiger partial charge in [-0.15, -0.1) is 12.4 Å². The average Bonchev–Trinajstić information content (AvgIpc) is 3.23. The Labute approximate surface area is 206 Å². The molecule has 3 rings (SSSR count). The van der Waals surface area contributed by atoms with E-state index in [0.29, 0.717) is 31.1 Å². The highest BCUT2D eigenvalue weighted by Gasteiger charge is 2.29. The first-order valence-corrected chi connectivity index (χ1v) is 11.9. The number of halogens is 1. The van der Waals surface area contributed by atoms with Crippen LogP contribution in [0.3, 0.4) is 0 Å². The minimum absolute atomic E-state index is 0. The van der Waals surface area contributed by atoms with E-state index in [9.17, 15) is 0 Å². The van der Waals surface area contributed by atoms with Crippen LogP contribution in [0.4, 0.5) is 0 Å². The van der Waals surface area contributed by atoms with Crippen LogP contribution in [0.5, 0.6) is 11.5 Å². The molecule has 0 radical (unpaired) electrons. The summed E-state index contributed by atoms with van der Waals surface area (Å²) in [6, 6.07) is 17.7. The molecule has 1 fully saturated rings. The highest BCUT2D eigenvalue weighted by Crippen LogP contribution is 2.30. The summed E-state index contributed by atoms with van der Waals surface area (Å²) in [6.45, 7) is 10.1. The number of benzene rings is 2. The van der Waals surface area contributed by atoms with Gasteiger partial charge in [0.25, 0.3) is 0 Å². The fraction of sp³-hybridized carbons (Fsp3) is 0.556. The summed E-state index contributed by atoms with van der Waals surface area (Å²) < 4.78 is 16.6. The number of nitrogens with zero attached hydrogens (tertiary/aromatic N) is 1. The predicted molar refractivity (Wildman–Crippen MR) is 138 cm³/mol. The van der Waals surface area contributed by atoms with Gasteiger partial charge >= 0.3 is 0 Å². The van der Waals surface area contributed by atoms with Crippen molar-refractivity contribution in [2.24, 2.45) is 11.8 Å². The molecule has 1 heterocycles. The molecule has 0 saturated carbocycles. The summed E-state index contributed by atoms with van der Waals surface area (Å²) in [5.74, 6) is 2.93. The van der Waals surface area contributed by atoms with E-state index in [4.69, 9.17) is 14.2 Å². The van der Waals surface area contributed by atoms with Crippen LogP contribution in [0.2, 0.25) is 0 Å². The molecule has 184 valence electrons. The van der Waals surface area contributed by atoms with Gasteiger partial charge in [0.2, 0.25) is 0 Å². The van der Waals surface area contributed by atoms with E-state index >= 15 is 0 Å². The van der Waals surface area contributed by atoms with E-state index < -0.39 is 0 Å². The normalized spacial score (nSPS) is 17.9. The SMILES string of the molecule is COCCCOc1cc(CN(C[C@@H]2CNC[C@H]2Cc2ccccc2)C(C)C)ccc1OC.Cl. The number of ether oxygens (including phenoxy) is 3. The summed E-state index contributed by atoms with van der Waals surface area (Å²) in [6.07, 6.45) is 2.01. The van der Waals surface area contributed by atoms with Crippen LogP contribution in [-0.2, 0) is 17.7 Å². The molecule has 33 heavy (non-hydrogen) atoms. The first-order chi connectivity index (χ1) is 15.6. The van der Waals surface area contributed by atoms with Crippen LogP contribution in [0.25, 0.3) is 0 Å². The van der Waals surface area contributed by atoms with Crippen molar-refractivity contribution in [2.75, 3.05) is 47.1 Å². The minimum atomic E-state index is 0. The zero-order chi connectivity index (χ0) is 22.8. The lowest BCUT2D eigenvalue weighted by molar-refractivity contribution is 0.165. The standard InChI is InChI=1S/C27H40N2O3.ClH/c1-21(2)29(20-25-18-28-17-24(25)15-22-9-6-5-7-10-22)19-23-11-12-26(31-4)27(16-23)32-14-8-13-30-3;/h5-7,9-12,16,21,24-25,28H,8,13-15,17-20H2,1-4H3;1H/t24-,25+;/m1./s1. The molecule has 1 saturated heterocycles. The second-order valence-corrected chi connectivity index (χ2v) is 9.07. The number of hydrogen-bond acceptors (Lipinski definition) is 5. The van der Waals surface area contributed by atoms with Gasteiger partial charge in [0.1, 0.15) is 0 Å². The van der Waals surface area contributed by atoms with Crippen LogP contribution >= 0.6 is 12.4 Å². The molecule has 5 nitrogen and oxygen atoms in total. The molecule has 1 aliphatic heterocycles. The molecule has 0 unspecified atom stereocenters. The summed E-state index contributed by atoms with van der Waals surface area (Å²) in [7, 11) is 3.41. The lowest BCUT2D eigenvalue weighted by Gasteiger charge is -2.31. The van der Waals surface area contributed by atoms with Gasteiger partial charge in [0.15, 0.2) is 11.5 Å². The van der Waals surface area contributed by atoms with Crippen molar-refractivity contribution in [3.8, 4) is 11.5 Å². The van der Waals surface area contributed by atoms with Crippen molar-refractivity contribution in [3.05, 3.63) is 59.7 Å². The van der Waals surface area contributed by atoms with Gasteiger partial charge < -0.3 is 19.5 Å². The third-order valence-electron chi connectivity index (χ3n) is 6.38. The van der Waals surface area contributed by atoms with Gasteiger partial charge in [0, 0.05) is 39.3 Å². The number of methoxy groups -OCH3 is 2. The molecule has 1 N–H and O–H groups in total. The quantitative estimate of drug-likeness (QED) is 0.420. The fourth-order valence-corrected chi connectivity index (χ4v) is 4.47. The summed E-state index contributed by atoms with van der Waals surface area (Å²) in [5.41, 5.74) is 2.69. The predicted octanol–water partition coefficient (Wildman–Crippen LogP) is 4.82. The lowest BCUT2D eigenvalue weighted by Crippen LogP contribution is -2.37. The number of hydrogen-bond donors (Lipinski definition) is 1. The third kappa shape index (κ3) is 8.49. The van der Waals surface area contributed by atoms with Gasteiger partial charge in [-0.3, -0.25) is 4.90 Å². The smallest absolute Gasteiger partial charge is 0.161 e. The van der Waals surface area contributed by atoms with Gasteiger partial charge in [-0.25, -0.2) is 0 Å². The van der Waals surface area contributed by atoms with Crippen molar-refractivity contribution >= 4 is 12.4 Å². The Hall–Kier alpha value is -1.79. The number of rotatable bonds is 13. The van der Waals surface area contributed by atoms with Gasteiger partial charge in [-0.05, 0) is 68.5 Å². The van der Waals surface area contributed by atoms with Crippen LogP contribution < -0.4 is 14.8 Å². The monoisotopic (exact) mass is 476 g/mol. The molecule has 0 amide bonds. The second-order valence-electron chi connectivity index (χ2n) is 9.07. The van der Waals surface area contributed by atoms with E-state index in [1.165, 1.54) is 11.1 Å². The maximum absolute atomic E-state index is 6.00. The van der Waals surface area contributed by atoms with Crippen LogP contribution in [0.15, 0.2) is 48.5 Å². The molecule has 2 aromatic carbocycles. The molecule has 6 heteroatoms. The Kier molecular flexibility index (Phi) is 12.0. The zero-order valence-electron chi connectivity index (χ0n) is 20.6. The zero-order valence-corrected chi connectivity index (χ0v) is 21.4. The lowest BCUT2D eigenvalue weighted by atomic mass is 9.89. The van der Waals surface area contributed by atoms with E-state index in [1.54, 1.807) is 14.2 Å². The largest absolute Gasteiger partial charge is 0.493 e.